The van der Waals surface area contributed by atoms with Gasteiger partial charge in [-0.15, -0.1) is 0 Å². The molecule has 7 heteroatoms. The molecule has 0 bridgehead atoms. The molecule has 1 aliphatic rings. The maximum absolute atomic E-state index is 11.3. The maximum Gasteiger partial charge on any atom is 0.262 e. The highest BCUT2D eigenvalue weighted by atomic mass is 79.9. The number of hydroxylamine groups is 1. The fraction of sp³-hybridized carbons (Fsp3) is 0.250. The number of nitrogens with zero attached hydrogens (tertiary/aromatic N) is 1. The molecule has 0 aliphatic carbocycles. The smallest absolute Gasteiger partial charge is 0.262 e. The van der Waals surface area contributed by atoms with Gasteiger partial charge in [-0.05, 0) is 40.0 Å². The zero-order chi connectivity index (χ0) is 11.2. The van der Waals surface area contributed by atoms with E-state index in [-0.39, 0.29) is 4.90 Å². The molecule has 0 radical (unpaired) electrons. The standard InChI is InChI=1S/C8H6BrClNO3S/c9-6-4-7-5(1-2-11(7)12)3-8(6)15(10,13)14/h3-4H,1-2H2/q-1. The molecule has 1 aliphatic heterocycles. The summed E-state index contributed by atoms with van der Waals surface area (Å²) >= 11 is 3.08. The van der Waals surface area contributed by atoms with Crippen molar-refractivity contribution in [1.29, 1.82) is 0 Å². The van der Waals surface area contributed by atoms with Crippen LogP contribution in [0.25, 0.3) is 0 Å². The molecule has 0 aromatic heterocycles. The van der Waals surface area contributed by atoms with Crippen molar-refractivity contribution in [3.8, 4) is 0 Å². The Morgan fingerprint density at radius 1 is 1.47 bits per heavy atom. The Morgan fingerprint density at radius 2 is 2.13 bits per heavy atom. The van der Waals surface area contributed by atoms with E-state index in [9.17, 15) is 13.6 Å². The molecule has 0 saturated heterocycles. The summed E-state index contributed by atoms with van der Waals surface area (Å²) in [6.45, 7) is 0.355. The van der Waals surface area contributed by atoms with Gasteiger partial charge in [-0.2, -0.15) is 0 Å². The van der Waals surface area contributed by atoms with E-state index < -0.39 is 9.05 Å². The van der Waals surface area contributed by atoms with Crippen molar-refractivity contribution in [2.45, 2.75) is 11.3 Å². The Kier molecular flexibility index (Phi) is 2.70. The fourth-order valence-electron chi connectivity index (χ4n) is 1.55. The molecule has 0 spiro atoms. The van der Waals surface area contributed by atoms with Crippen LogP contribution < -0.4 is 5.06 Å². The van der Waals surface area contributed by atoms with Crippen LogP contribution in [0.2, 0.25) is 0 Å². The van der Waals surface area contributed by atoms with Gasteiger partial charge in [0.05, 0.1) is 4.90 Å². The second-order valence-electron chi connectivity index (χ2n) is 3.20. The van der Waals surface area contributed by atoms with Crippen LogP contribution in [0.4, 0.5) is 5.69 Å². The van der Waals surface area contributed by atoms with Crippen LogP contribution in [0.5, 0.6) is 0 Å². The van der Waals surface area contributed by atoms with Crippen molar-refractivity contribution in [3.63, 3.8) is 0 Å². The molecule has 15 heavy (non-hydrogen) atoms. The number of hydrogen-bond acceptors (Lipinski definition) is 4. The van der Waals surface area contributed by atoms with Gasteiger partial charge in [0.15, 0.2) is 0 Å². The monoisotopic (exact) mass is 310 g/mol. The van der Waals surface area contributed by atoms with Gasteiger partial charge in [0.1, 0.15) is 0 Å². The van der Waals surface area contributed by atoms with Gasteiger partial charge in [-0.1, -0.05) is 0 Å². The molecular weight excluding hydrogens is 306 g/mol. The predicted molar refractivity (Wildman–Crippen MR) is 61.6 cm³/mol. The summed E-state index contributed by atoms with van der Waals surface area (Å²) in [6.07, 6.45) is 0.547. The Hall–Kier alpha value is -0.300. The van der Waals surface area contributed by atoms with Gasteiger partial charge in [0, 0.05) is 27.4 Å². The summed E-state index contributed by atoms with van der Waals surface area (Å²) < 4.78 is 22.7. The van der Waals surface area contributed by atoms with E-state index in [1.165, 1.54) is 12.1 Å². The first kappa shape index (κ1) is 11.2. The van der Waals surface area contributed by atoms with Gasteiger partial charge in [0.25, 0.3) is 9.05 Å². The van der Waals surface area contributed by atoms with Crippen LogP contribution in [0, 0.1) is 5.21 Å². The van der Waals surface area contributed by atoms with E-state index >= 15 is 0 Å². The third-order valence-electron chi connectivity index (χ3n) is 2.25. The van der Waals surface area contributed by atoms with Gasteiger partial charge >= 0.3 is 0 Å². The number of benzene rings is 1. The number of fused-ring (bicyclic) bond motifs is 1. The summed E-state index contributed by atoms with van der Waals surface area (Å²) in [5.41, 5.74) is 1.22. The number of anilines is 1. The summed E-state index contributed by atoms with van der Waals surface area (Å²) in [5, 5.41) is 12.1. The molecule has 1 heterocycles. The normalized spacial score (nSPS) is 15.5. The quantitative estimate of drug-likeness (QED) is 0.746. The van der Waals surface area contributed by atoms with Crippen LogP contribution in [-0.2, 0) is 15.5 Å². The summed E-state index contributed by atoms with van der Waals surface area (Å²) in [6, 6.07) is 2.93. The average Bonchev–Trinajstić information content (AvgIpc) is 2.45. The lowest BCUT2D eigenvalue weighted by Gasteiger charge is -2.25. The van der Waals surface area contributed by atoms with Crippen molar-refractivity contribution in [3.05, 3.63) is 27.4 Å². The highest BCUT2D eigenvalue weighted by molar-refractivity contribution is 9.10. The minimum Gasteiger partial charge on any atom is -0.758 e. The van der Waals surface area contributed by atoms with Crippen LogP contribution in [0.3, 0.4) is 0 Å². The molecule has 82 valence electrons. The highest BCUT2D eigenvalue weighted by Gasteiger charge is 2.20. The van der Waals surface area contributed by atoms with Crippen molar-refractivity contribution < 1.29 is 8.42 Å². The van der Waals surface area contributed by atoms with Gasteiger partial charge in [0.2, 0.25) is 0 Å². The summed E-state index contributed by atoms with van der Waals surface area (Å²) in [5.74, 6) is 0. The van der Waals surface area contributed by atoms with Crippen LogP contribution in [0.1, 0.15) is 5.56 Å². The molecule has 1 aromatic carbocycles. The first-order valence-corrected chi connectivity index (χ1v) is 7.21. The Balaban J connectivity index is 2.64. The largest absolute Gasteiger partial charge is 0.758 e. The minimum absolute atomic E-state index is 0.0122. The maximum atomic E-state index is 11.3. The molecule has 0 amide bonds. The van der Waals surface area contributed by atoms with E-state index in [2.05, 4.69) is 15.9 Å². The number of halogens is 2. The van der Waals surface area contributed by atoms with Crippen LogP contribution in [0.15, 0.2) is 21.5 Å². The first-order chi connectivity index (χ1) is 6.89. The Bertz CT molecular complexity index is 517. The number of hydrogen-bond donors (Lipinski definition) is 0. The third kappa shape index (κ3) is 1.99. The summed E-state index contributed by atoms with van der Waals surface area (Å²) in [4.78, 5) is 0.0122. The zero-order valence-corrected chi connectivity index (χ0v) is 10.6. The highest BCUT2D eigenvalue weighted by Crippen LogP contribution is 2.35. The molecule has 4 nitrogen and oxygen atoms in total. The molecule has 1 aromatic rings. The zero-order valence-electron chi connectivity index (χ0n) is 7.41. The lowest BCUT2D eigenvalue weighted by molar-refractivity contribution is 0.609. The van der Waals surface area contributed by atoms with Crippen LogP contribution in [-0.4, -0.2) is 15.0 Å². The molecule has 0 saturated carbocycles. The van der Waals surface area contributed by atoms with Crippen LogP contribution >= 0.6 is 26.6 Å². The third-order valence-corrected chi connectivity index (χ3v) is 4.53. The SMILES string of the molecule is O=S(=O)(Cl)c1cc2c(cc1Br)N([O-])CC2. The number of rotatable bonds is 1. The van der Waals surface area contributed by atoms with Crippen molar-refractivity contribution >= 4 is 41.4 Å². The van der Waals surface area contributed by atoms with Crippen molar-refractivity contribution in [2.75, 3.05) is 11.6 Å². The Morgan fingerprint density at radius 3 is 2.73 bits per heavy atom. The topological polar surface area (TPSA) is 60.4 Å². The average molecular weight is 312 g/mol. The molecule has 0 atom stereocenters. The second kappa shape index (κ2) is 3.62. The minimum atomic E-state index is -3.77. The van der Waals surface area contributed by atoms with Crippen molar-refractivity contribution in [2.24, 2.45) is 0 Å². The summed E-state index contributed by atoms with van der Waals surface area (Å²) in [7, 11) is 1.48. The molecule has 0 N–H and O–H groups in total. The molecule has 0 fully saturated rings. The van der Waals surface area contributed by atoms with Gasteiger partial charge in [-0.25, -0.2) is 8.42 Å². The van der Waals surface area contributed by atoms with E-state index in [0.29, 0.717) is 28.7 Å². The van der Waals surface area contributed by atoms with Crippen molar-refractivity contribution in [1.82, 2.24) is 0 Å². The molecular formula is C8H6BrClNO3S-. The van der Waals surface area contributed by atoms with E-state index in [1.807, 2.05) is 0 Å². The van der Waals surface area contributed by atoms with E-state index in [1.54, 1.807) is 0 Å². The lowest BCUT2D eigenvalue weighted by atomic mass is 10.2. The van der Waals surface area contributed by atoms with Gasteiger partial charge < -0.3 is 10.3 Å². The van der Waals surface area contributed by atoms with E-state index in [0.717, 1.165) is 5.06 Å². The molecule has 0 unspecified atom stereocenters. The predicted octanol–water partition coefficient (Wildman–Crippen LogP) is 2.24. The second-order valence-corrected chi connectivity index (χ2v) is 6.59. The van der Waals surface area contributed by atoms with Gasteiger partial charge in [-0.3, -0.25) is 0 Å². The van der Waals surface area contributed by atoms with E-state index in [4.69, 9.17) is 10.7 Å². The molecule has 2 rings (SSSR count). The first-order valence-electron chi connectivity index (χ1n) is 4.11. The fourth-order valence-corrected chi connectivity index (χ4v) is 3.75. The lowest BCUT2D eigenvalue weighted by Crippen LogP contribution is -2.09. The Labute approximate surface area is 100.0 Å².